The zero-order chi connectivity index (χ0) is 27.5. The third-order valence-electron chi connectivity index (χ3n) is 7.79. The molecule has 0 bridgehead atoms. The van der Waals surface area contributed by atoms with E-state index in [2.05, 4.69) is 26.5 Å². The summed E-state index contributed by atoms with van der Waals surface area (Å²) in [6, 6.07) is 6.75. The molecule has 2 aromatic heterocycles. The van der Waals surface area contributed by atoms with Gasteiger partial charge >= 0.3 is 5.97 Å². The van der Waals surface area contributed by atoms with Crippen LogP contribution in [0, 0.1) is 18.8 Å². The van der Waals surface area contributed by atoms with Crippen molar-refractivity contribution in [2.75, 3.05) is 43.0 Å². The molecule has 3 aromatic rings. The molecule has 9 nitrogen and oxygen atoms in total. The Morgan fingerprint density at radius 2 is 1.74 bits per heavy atom. The van der Waals surface area contributed by atoms with E-state index in [1.54, 1.807) is 37.4 Å². The summed E-state index contributed by atoms with van der Waals surface area (Å²) in [6.45, 7) is 9.13. The summed E-state index contributed by atoms with van der Waals surface area (Å²) >= 11 is 1.35. The number of likely N-dealkylation sites (tertiary alicyclic amines) is 1. The number of nitrogens with zero attached hydrogens (tertiary/aromatic N) is 4. The van der Waals surface area contributed by atoms with Crippen LogP contribution in [0.2, 0.25) is 0 Å². The van der Waals surface area contributed by atoms with Crippen LogP contribution in [0.25, 0.3) is 10.2 Å². The molecule has 4 heterocycles. The lowest BCUT2D eigenvalue weighted by atomic mass is 9.94. The first-order valence-corrected chi connectivity index (χ1v) is 14.5. The fourth-order valence-electron chi connectivity index (χ4n) is 5.42. The van der Waals surface area contributed by atoms with Gasteiger partial charge in [0.2, 0.25) is 5.91 Å². The van der Waals surface area contributed by atoms with E-state index in [1.807, 2.05) is 11.8 Å². The second kappa shape index (κ2) is 11.7. The Labute approximate surface area is 232 Å². The Morgan fingerprint density at radius 3 is 2.41 bits per heavy atom. The summed E-state index contributed by atoms with van der Waals surface area (Å²) in [5, 5.41) is 3.93. The number of benzene rings is 1. The van der Waals surface area contributed by atoms with Crippen LogP contribution in [0.3, 0.4) is 0 Å². The van der Waals surface area contributed by atoms with Crippen molar-refractivity contribution in [2.45, 2.75) is 46.5 Å². The van der Waals surface area contributed by atoms with Crippen LogP contribution >= 0.6 is 11.5 Å². The maximum atomic E-state index is 13.7. The molecule has 10 heteroatoms. The fourth-order valence-corrected chi connectivity index (χ4v) is 6.17. The number of hydrogen-bond acceptors (Lipinski definition) is 8. The molecule has 2 saturated heterocycles. The van der Waals surface area contributed by atoms with Gasteiger partial charge in [0.1, 0.15) is 4.83 Å². The Kier molecular flexibility index (Phi) is 8.11. The highest BCUT2D eigenvalue weighted by atomic mass is 32.1. The van der Waals surface area contributed by atoms with Gasteiger partial charge < -0.3 is 19.9 Å². The molecule has 2 fully saturated rings. The molecule has 2 aliphatic rings. The summed E-state index contributed by atoms with van der Waals surface area (Å²) in [6.07, 6.45) is 5.09. The molecule has 2 aliphatic heterocycles. The van der Waals surface area contributed by atoms with Crippen LogP contribution in [0.15, 0.2) is 30.5 Å². The summed E-state index contributed by atoms with van der Waals surface area (Å²) < 4.78 is 9.55. The number of carbonyl (C=O) groups is 3. The number of aryl methyl sites for hydroxylation is 1. The van der Waals surface area contributed by atoms with Gasteiger partial charge in [-0.3, -0.25) is 9.59 Å². The van der Waals surface area contributed by atoms with Crippen LogP contribution in [0.4, 0.5) is 11.4 Å². The Bertz CT molecular complexity index is 1360. The van der Waals surface area contributed by atoms with E-state index in [9.17, 15) is 14.4 Å². The maximum Gasteiger partial charge on any atom is 0.338 e. The van der Waals surface area contributed by atoms with E-state index < -0.39 is 0 Å². The predicted octanol–water partition coefficient (Wildman–Crippen LogP) is 4.90. The summed E-state index contributed by atoms with van der Waals surface area (Å²) in [7, 11) is 0. The number of hydrogen-bond donors (Lipinski definition) is 1. The highest BCUT2D eigenvalue weighted by Gasteiger charge is 2.31. The topological polar surface area (TPSA) is 105 Å². The number of aromatic nitrogens is 2. The average molecular weight is 550 g/mol. The quantitative estimate of drug-likeness (QED) is 0.436. The number of anilines is 2. The smallest absolute Gasteiger partial charge is 0.338 e. The van der Waals surface area contributed by atoms with Crippen LogP contribution in [-0.4, -0.2) is 64.8 Å². The molecule has 0 unspecified atom stereocenters. The van der Waals surface area contributed by atoms with E-state index in [1.165, 1.54) is 11.5 Å². The monoisotopic (exact) mass is 549 g/mol. The molecule has 0 radical (unpaired) electrons. The Hall–Kier alpha value is -3.53. The fraction of sp³-hybridized carbons (Fsp3) is 0.483. The van der Waals surface area contributed by atoms with Crippen molar-refractivity contribution in [3.8, 4) is 0 Å². The second-order valence-corrected chi connectivity index (χ2v) is 11.2. The molecule has 1 aromatic carbocycles. The highest BCUT2D eigenvalue weighted by molar-refractivity contribution is 7.13. The molecule has 0 spiro atoms. The molecule has 0 saturated carbocycles. The second-order valence-electron chi connectivity index (χ2n) is 10.5. The number of amides is 2. The molecule has 5 rings (SSSR count). The Morgan fingerprint density at radius 1 is 1.05 bits per heavy atom. The lowest BCUT2D eigenvalue weighted by Gasteiger charge is -2.36. The summed E-state index contributed by atoms with van der Waals surface area (Å²) in [5.74, 6) is 0.108. The third-order valence-corrected chi connectivity index (χ3v) is 8.64. The van der Waals surface area contributed by atoms with Crippen LogP contribution in [-0.2, 0) is 9.53 Å². The normalized spacial score (nSPS) is 16.9. The lowest BCUT2D eigenvalue weighted by molar-refractivity contribution is -0.120. The van der Waals surface area contributed by atoms with Gasteiger partial charge in [-0.05, 0) is 81.2 Å². The van der Waals surface area contributed by atoms with Crippen LogP contribution < -0.4 is 10.2 Å². The summed E-state index contributed by atoms with van der Waals surface area (Å²) in [4.78, 5) is 48.2. The van der Waals surface area contributed by atoms with Gasteiger partial charge in [0.05, 0.1) is 34.5 Å². The van der Waals surface area contributed by atoms with E-state index in [4.69, 9.17) is 4.74 Å². The number of rotatable bonds is 6. The van der Waals surface area contributed by atoms with Gasteiger partial charge in [-0.25, -0.2) is 9.78 Å². The Balaban J connectivity index is 1.29. The van der Waals surface area contributed by atoms with Crippen molar-refractivity contribution in [1.29, 1.82) is 0 Å². The number of pyridine rings is 1. The number of esters is 1. The molecule has 206 valence electrons. The first kappa shape index (κ1) is 27.1. The van der Waals surface area contributed by atoms with Gasteiger partial charge in [-0.1, -0.05) is 6.92 Å². The zero-order valence-corrected chi connectivity index (χ0v) is 23.6. The van der Waals surface area contributed by atoms with Gasteiger partial charge in [0.25, 0.3) is 5.91 Å². The minimum atomic E-state index is -0.378. The molecule has 2 amide bonds. The van der Waals surface area contributed by atoms with Crippen molar-refractivity contribution < 1.29 is 19.1 Å². The van der Waals surface area contributed by atoms with E-state index >= 15 is 0 Å². The minimum Gasteiger partial charge on any atom is -0.462 e. The van der Waals surface area contributed by atoms with Gasteiger partial charge in [0.15, 0.2) is 0 Å². The van der Waals surface area contributed by atoms with Crippen LogP contribution in [0.5, 0.6) is 0 Å². The van der Waals surface area contributed by atoms with Gasteiger partial charge in [-0.15, -0.1) is 0 Å². The first-order valence-electron chi connectivity index (χ1n) is 13.7. The minimum absolute atomic E-state index is 0.0306. The van der Waals surface area contributed by atoms with Crippen molar-refractivity contribution >= 4 is 50.9 Å². The molecule has 39 heavy (non-hydrogen) atoms. The highest BCUT2D eigenvalue weighted by Crippen LogP contribution is 2.37. The van der Waals surface area contributed by atoms with Crippen molar-refractivity contribution in [1.82, 2.24) is 14.3 Å². The van der Waals surface area contributed by atoms with Crippen molar-refractivity contribution in [3.05, 3.63) is 47.3 Å². The molecule has 1 N–H and O–H groups in total. The molecular weight excluding hydrogens is 514 g/mol. The van der Waals surface area contributed by atoms with Crippen molar-refractivity contribution in [3.63, 3.8) is 0 Å². The van der Waals surface area contributed by atoms with E-state index in [0.29, 0.717) is 55.3 Å². The molecular formula is C29H35N5O4S. The van der Waals surface area contributed by atoms with E-state index in [0.717, 1.165) is 47.5 Å². The van der Waals surface area contributed by atoms with Gasteiger partial charge in [0, 0.05) is 44.0 Å². The standard InChI is InChI=1S/C29H35N5O4S/c1-4-38-29(37)21-5-7-22(8-6-21)31-26(35)20-11-15-33(16-12-20)25-23(17-30-27-24(25)19(3)32-39-27)28(36)34-13-9-18(2)10-14-34/h5-8,17-18,20H,4,9-16H2,1-3H3,(H,31,35). The van der Waals surface area contributed by atoms with Crippen LogP contribution in [0.1, 0.15) is 65.9 Å². The number of ether oxygens (including phenoxy) is 1. The number of carbonyl (C=O) groups excluding carboxylic acids is 3. The lowest BCUT2D eigenvalue weighted by Crippen LogP contribution is -2.41. The number of fused-ring (bicyclic) bond motifs is 1. The third kappa shape index (κ3) is 5.75. The predicted molar refractivity (Wildman–Crippen MR) is 152 cm³/mol. The first-order chi connectivity index (χ1) is 18.9. The zero-order valence-electron chi connectivity index (χ0n) is 22.7. The van der Waals surface area contributed by atoms with Crippen molar-refractivity contribution in [2.24, 2.45) is 11.8 Å². The van der Waals surface area contributed by atoms with Gasteiger partial charge in [-0.2, -0.15) is 4.37 Å². The number of piperidine rings is 2. The van der Waals surface area contributed by atoms with E-state index in [-0.39, 0.29) is 23.7 Å². The number of nitrogens with one attached hydrogen (secondary N) is 1. The average Bonchev–Trinajstić information content (AvgIpc) is 3.34. The molecule has 0 atom stereocenters. The largest absolute Gasteiger partial charge is 0.462 e. The molecule has 0 aliphatic carbocycles. The SMILES string of the molecule is CCOC(=O)c1ccc(NC(=O)C2CCN(c3c(C(=O)N4CCC(C)CC4)cnc4snc(C)c34)CC2)cc1. The summed E-state index contributed by atoms with van der Waals surface area (Å²) in [5.41, 5.74) is 3.52. The maximum absolute atomic E-state index is 13.7.